The van der Waals surface area contributed by atoms with Crippen LogP contribution in [0.3, 0.4) is 0 Å². The summed E-state index contributed by atoms with van der Waals surface area (Å²) >= 11 is 0. The predicted octanol–water partition coefficient (Wildman–Crippen LogP) is 3.97. The van der Waals surface area contributed by atoms with Crippen molar-refractivity contribution in [1.82, 2.24) is 4.98 Å². The number of benzene rings is 2. The molecule has 3 aromatic rings. The van der Waals surface area contributed by atoms with Gasteiger partial charge in [0, 0.05) is 36.5 Å². The lowest BCUT2D eigenvalue weighted by atomic mass is 9.85. The fourth-order valence-corrected chi connectivity index (χ4v) is 3.63. The third kappa shape index (κ3) is 3.01. The van der Waals surface area contributed by atoms with E-state index < -0.39 is 23.5 Å². The molecular weight excluding hydrogens is 339 g/mol. The maximum atomic E-state index is 14.1. The normalized spacial score (nSPS) is 20.5. The average molecular weight is 357 g/mol. The first-order valence-corrected chi connectivity index (χ1v) is 8.53. The van der Waals surface area contributed by atoms with Crippen molar-refractivity contribution in [1.29, 1.82) is 0 Å². The Kier molecular flexibility index (Phi) is 4.28. The summed E-state index contributed by atoms with van der Waals surface area (Å²) < 4.78 is 40.8. The Bertz CT molecular complexity index is 960. The van der Waals surface area contributed by atoms with Crippen molar-refractivity contribution in [3.8, 4) is 0 Å². The lowest BCUT2D eigenvalue weighted by Gasteiger charge is -2.37. The summed E-state index contributed by atoms with van der Waals surface area (Å²) in [5.74, 6) is -2.53. The predicted molar refractivity (Wildman–Crippen MR) is 95.6 cm³/mol. The summed E-state index contributed by atoms with van der Waals surface area (Å²) in [6, 6.07) is 12.9. The molecule has 0 radical (unpaired) electrons. The summed E-state index contributed by atoms with van der Waals surface area (Å²) in [4.78, 5) is 6.71. The number of pyridine rings is 1. The fourth-order valence-electron chi connectivity index (χ4n) is 3.63. The quantitative estimate of drug-likeness (QED) is 0.706. The average Bonchev–Trinajstić information content (AvgIpc) is 2.64. The number of piperidine rings is 1. The van der Waals surface area contributed by atoms with Gasteiger partial charge >= 0.3 is 0 Å². The Labute approximate surface area is 149 Å². The number of para-hydroxylation sites is 1. The van der Waals surface area contributed by atoms with E-state index >= 15 is 0 Å². The molecule has 6 heteroatoms. The molecule has 1 aromatic heterocycles. The van der Waals surface area contributed by atoms with Crippen LogP contribution in [-0.2, 0) is 0 Å². The molecule has 0 unspecified atom stereocenters. The number of anilines is 1. The molecule has 1 aliphatic rings. The van der Waals surface area contributed by atoms with E-state index in [4.69, 9.17) is 5.73 Å². The van der Waals surface area contributed by atoms with Gasteiger partial charge in [0.1, 0.15) is 11.6 Å². The van der Waals surface area contributed by atoms with Gasteiger partial charge in [-0.25, -0.2) is 18.2 Å². The fraction of sp³-hybridized carbons (Fsp3) is 0.250. The van der Waals surface area contributed by atoms with E-state index in [1.165, 1.54) is 0 Å². The van der Waals surface area contributed by atoms with Crippen molar-refractivity contribution in [3.63, 3.8) is 0 Å². The van der Waals surface area contributed by atoms with Gasteiger partial charge in [0.25, 0.3) is 0 Å². The SMILES string of the molecule is N[C@H]1CN(c2ccc3ccccc3n2)CC[C@@H]1c1cc(F)c(F)cc1F. The Morgan fingerprint density at radius 1 is 0.962 bits per heavy atom. The summed E-state index contributed by atoms with van der Waals surface area (Å²) in [7, 11) is 0. The Balaban J connectivity index is 1.57. The van der Waals surface area contributed by atoms with E-state index in [1.807, 2.05) is 41.3 Å². The molecule has 0 aliphatic carbocycles. The molecule has 1 aliphatic heterocycles. The standard InChI is InChI=1S/C20H18F3N3/c21-15-10-17(23)16(22)9-14(15)13-7-8-26(11-18(13)24)20-6-5-12-3-1-2-4-19(12)25-20/h1-6,9-10,13,18H,7-8,11,24H2/t13-,18+/m1/s1. The first-order chi connectivity index (χ1) is 12.5. The zero-order valence-electron chi connectivity index (χ0n) is 14.0. The topological polar surface area (TPSA) is 42.1 Å². The van der Waals surface area contributed by atoms with Crippen molar-refractivity contribution < 1.29 is 13.2 Å². The number of nitrogens with two attached hydrogens (primary N) is 1. The van der Waals surface area contributed by atoms with Crippen molar-refractivity contribution in [2.24, 2.45) is 5.73 Å². The van der Waals surface area contributed by atoms with Crippen LogP contribution in [0.5, 0.6) is 0 Å². The Hall–Kier alpha value is -2.60. The van der Waals surface area contributed by atoms with E-state index in [0.717, 1.165) is 22.8 Å². The van der Waals surface area contributed by atoms with Crippen LogP contribution in [-0.4, -0.2) is 24.1 Å². The van der Waals surface area contributed by atoms with Crippen LogP contribution in [0.15, 0.2) is 48.5 Å². The van der Waals surface area contributed by atoms with Gasteiger partial charge in [-0.05, 0) is 36.2 Å². The van der Waals surface area contributed by atoms with Crippen LogP contribution in [0.25, 0.3) is 10.9 Å². The number of halogens is 3. The van der Waals surface area contributed by atoms with Gasteiger partial charge < -0.3 is 10.6 Å². The van der Waals surface area contributed by atoms with Crippen LogP contribution in [0.2, 0.25) is 0 Å². The number of aromatic nitrogens is 1. The zero-order valence-corrected chi connectivity index (χ0v) is 14.0. The number of hydrogen-bond acceptors (Lipinski definition) is 3. The molecule has 2 N–H and O–H groups in total. The van der Waals surface area contributed by atoms with Gasteiger partial charge in [0.15, 0.2) is 11.6 Å². The minimum absolute atomic E-state index is 0.141. The van der Waals surface area contributed by atoms with Crippen LogP contribution in [0, 0.1) is 17.5 Å². The molecule has 0 amide bonds. The number of hydrogen-bond donors (Lipinski definition) is 1. The molecule has 2 atom stereocenters. The van der Waals surface area contributed by atoms with Gasteiger partial charge in [-0.3, -0.25) is 0 Å². The summed E-state index contributed by atoms with van der Waals surface area (Å²) in [6.45, 7) is 1.08. The zero-order chi connectivity index (χ0) is 18.3. The third-order valence-corrected chi connectivity index (χ3v) is 5.00. The molecule has 2 heterocycles. The second-order valence-corrected chi connectivity index (χ2v) is 6.66. The highest BCUT2D eigenvalue weighted by atomic mass is 19.2. The van der Waals surface area contributed by atoms with E-state index in [1.54, 1.807) is 0 Å². The minimum Gasteiger partial charge on any atom is -0.355 e. The molecule has 1 saturated heterocycles. The second-order valence-electron chi connectivity index (χ2n) is 6.66. The highest BCUT2D eigenvalue weighted by Gasteiger charge is 2.31. The molecule has 4 rings (SSSR count). The first kappa shape index (κ1) is 16.8. The monoisotopic (exact) mass is 357 g/mol. The number of fused-ring (bicyclic) bond motifs is 1. The summed E-state index contributed by atoms with van der Waals surface area (Å²) in [6.07, 6.45) is 0.539. The first-order valence-electron chi connectivity index (χ1n) is 8.53. The molecule has 3 nitrogen and oxygen atoms in total. The van der Waals surface area contributed by atoms with E-state index in [0.29, 0.717) is 25.6 Å². The summed E-state index contributed by atoms with van der Waals surface area (Å²) in [5, 5.41) is 1.05. The van der Waals surface area contributed by atoms with Gasteiger partial charge in [-0.1, -0.05) is 18.2 Å². The largest absolute Gasteiger partial charge is 0.355 e. The van der Waals surface area contributed by atoms with Gasteiger partial charge in [-0.15, -0.1) is 0 Å². The molecule has 26 heavy (non-hydrogen) atoms. The number of nitrogens with zero attached hydrogens (tertiary/aromatic N) is 2. The maximum Gasteiger partial charge on any atom is 0.161 e. The van der Waals surface area contributed by atoms with Gasteiger partial charge in [-0.2, -0.15) is 0 Å². The van der Waals surface area contributed by atoms with Crippen molar-refractivity contribution in [2.75, 3.05) is 18.0 Å². The van der Waals surface area contributed by atoms with Gasteiger partial charge in [0.05, 0.1) is 5.52 Å². The van der Waals surface area contributed by atoms with E-state index in [9.17, 15) is 13.2 Å². The van der Waals surface area contributed by atoms with E-state index in [2.05, 4.69) is 4.98 Å². The minimum atomic E-state index is -1.18. The third-order valence-electron chi connectivity index (χ3n) is 5.00. The number of rotatable bonds is 2. The smallest absolute Gasteiger partial charge is 0.161 e. The van der Waals surface area contributed by atoms with Crippen LogP contribution in [0.1, 0.15) is 17.9 Å². The molecule has 1 fully saturated rings. The van der Waals surface area contributed by atoms with Crippen LogP contribution >= 0.6 is 0 Å². The van der Waals surface area contributed by atoms with E-state index in [-0.39, 0.29) is 11.5 Å². The molecular formula is C20H18F3N3. The molecule has 0 saturated carbocycles. The summed E-state index contributed by atoms with van der Waals surface area (Å²) in [5.41, 5.74) is 7.29. The maximum absolute atomic E-state index is 14.1. The lowest BCUT2D eigenvalue weighted by molar-refractivity contribution is 0.416. The Morgan fingerprint density at radius 2 is 1.73 bits per heavy atom. The molecule has 134 valence electrons. The lowest BCUT2D eigenvalue weighted by Crippen LogP contribution is -2.48. The van der Waals surface area contributed by atoms with Crippen molar-refractivity contribution in [2.45, 2.75) is 18.4 Å². The van der Waals surface area contributed by atoms with Crippen LogP contribution in [0.4, 0.5) is 19.0 Å². The Morgan fingerprint density at radius 3 is 2.54 bits per heavy atom. The highest BCUT2D eigenvalue weighted by molar-refractivity contribution is 5.80. The van der Waals surface area contributed by atoms with Crippen molar-refractivity contribution in [3.05, 3.63) is 71.5 Å². The molecule has 0 bridgehead atoms. The molecule has 2 aromatic carbocycles. The van der Waals surface area contributed by atoms with Crippen LogP contribution < -0.4 is 10.6 Å². The van der Waals surface area contributed by atoms with Crippen molar-refractivity contribution >= 4 is 16.7 Å². The van der Waals surface area contributed by atoms with Gasteiger partial charge in [0.2, 0.25) is 0 Å². The highest BCUT2D eigenvalue weighted by Crippen LogP contribution is 2.32. The molecule has 0 spiro atoms. The second kappa shape index (κ2) is 6.61.